The molecule has 0 radical (unpaired) electrons. The van der Waals surface area contributed by atoms with E-state index in [0.717, 1.165) is 12.2 Å². The first-order valence-corrected chi connectivity index (χ1v) is 3.71. The highest BCUT2D eigenvalue weighted by Gasteiger charge is 2.10. The molecule has 0 aromatic carbocycles. The van der Waals surface area contributed by atoms with Crippen LogP contribution >= 0.6 is 0 Å². The number of nitrogens with zero attached hydrogens (tertiary/aromatic N) is 2. The van der Waals surface area contributed by atoms with E-state index in [9.17, 15) is 0 Å². The van der Waals surface area contributed by atoms with Crippen molar-refractivity contribution in [1.29, 1.82) is 0 Å². The van der Waals surface area contributed by atoms with Crippen molar-refractivity contribution in [3.63, 3.8) is 0 Å². The van der Waals surface area contributed by atoms with Crippen LogP contribution in [0.1, 0.15) is 13.8 Å². The molecule has 0 fully saturated rings. The largest absolute Gasteiger partial charge is 0.474 e. The standard InChI is InChI=1S/C8H12N2O/c1-3-7(9-4-2)8-10-5-6-11-8/h3-4H,5-6H2,1-2H3/b7-3-,9-4-. The van der Waals surface area contributed by atoms with E-state index in [1.54, 1.807) is 6.21 Å². The summed E-state index contributed by atoms with van der Waals surface area (Å²) in [7, 11) is 0. The molecule has 3 heteroatoms. The number of hydrogen-bond donors (Lipinski definition) is 0. The van der Waals surface area contributed by atoms with Gasteiger partial charge in [-0.05, 0) is 13.8 Å². The third-order valence-corrected chi connectivity index (χ3v) is 1.35. The van der Waals surface area contributed by atoms with E-state index >= 15 is 0 Å². The zero-order valence-corrected chi connectivity index (χ0v) is 6.87. The van der Waals surface area contributed by atoms with Gasteiger partial charge in [0, 0.05) is 6.21 Å². The average molecular weight is 152 g/mol. The van der Waals surface area contributed by atoms with Crippen LogP contribution in [0.25, 0.3) is 0 Å². The van der Waals surface area contributed by atoms with Crippen LogP contribution in [0.4, 0.5) is 0 Å². The maximum atomic E-state index is 5.23. The van der Waals surface area contributed by atoms with Crippen LogP contribution in [0.2, 0.25) is 0 Å². The van der Waals surface area contributed by atoms with E-state index in [0.29, 0.717) is 12.5 Å². The van der Waals surface area contributed by atoms with Crippen molar-refractivity contribution in [1.82, 2.24) is 0 Å². The third kappa shape index (κ3) is 1.90. The molecule has 1 aliphatic rings. The summed E-state index contributed by atoms with van der Waals surface area (Å²) in [6.07, 6.45) is 3.63. The van der Waals surface area contributed by atoms with Gasteiger partial charge in [0.1, 0.15) is 12.3 Å². The minimum absolute atomic E-state index is 0.672. The molecule has 3 nitrogen and oxygen atoms in total. The Morgan fingerprint density at radius 1 is 1.64 bits per heavy atom. The Hall–Kier alpha value is -1.12. The lowest BCUT2D eigenvalue weighted by atomic mass is 10.4. The van der Waals surface area contributed by atoms with Crippen molar-refractivity contribution in [2.24, 2.45) is 9.98 Å². The second-order valence-corrected chi connectivity index (χ2v) is 2.10. The zero-order valence-electron chi connectivity index (χ0n) is 6.87. The van der Waals surface area contributed by atoms with E-state index in [2.05, 4.69) is 9.98 Å². The number of ether oxygens (including phenoxy) is 1. The highest BCUT2D eigenvalue weighted by molar-refractivity contribution is 5.95. The molecule has 1 heterocycles. The summed E-state index contributed by atoms with van der Waals surface area (Å²) in [6.45, 7) is 5.24. The van der Waals surface area contributed by atoms with Gasteiger partial charge >= 0.3 is 0 Å². The van der Waals surface area contributed by atoms with Crippen LogP contribution in [-0.2, 0) is 4.74 Å². The van der Waals surface area contributed by atoms with Gasteiger partial charge in [0.05, 0.1) is 6.54 Å². The van der Waals surface area contributed by atoms with Crippen LogP contribution in [0.15, 0.2) is 21.8 Å². The van der Waals surface area contributed by atoms with Gasteiger partial charge in [-0.2, -0.15) is 0 Å². The Bertz CT molecular complexity index is 216. The number of allylic oxidation sites excluding steroid dienone is 1. The number of hydrogen-bond acceptors (Lipinski definition) is 3. The lowest BCUT2D eigenvalue weighted by molar-refractivity contribution is 0.347. The fourth-order valence-corrected chi connectivity index (χ4v) is 0.882. The van der Waals surface area contributed by atoms with E-state index in [4.69, 9.17) is 4.74 Å². The predicted molar refractivity (Wildman–Crippen MR) is 46.2 cm³/mol. The first-order chi connectivity index (χ1) is 5.38. The van der Waals surface area contributed by atoms with Crippen molar-refractivity contribution in [3.05, 3.63) is 11.8 Å². The van der Waals surface area contributed by atoms with Crippen LogP contribution in [0.5, 0.6) is 0 Å². The monoisotopic (exact) mass is 152 g/mol. The van der Waals surface area contributed by atoms with Crippen LogP contribution in [0, 0.1) is 0 Å². The van der Waals surface area contributed by atoms with Gasteiger partial charge in [-0.15, -0.1) is 0 Å². The molecule has 0 saturated carbocycles. The molecule has 0 N–H and O–H groups in total. The molecule has 0 spiro atoms. The predicted octanol–water partition coefficient (Wildman–Crippen LogP) is 1.41. The van der Waals surface area contributed by atoms with Gasteiger partial charge in [0.15, 0.2) is 0 Å². The maximum Gasteiger partial charge on any atom is 0.235 e. The Morgan fingerprint density at radius 3 is 2.91 bits per heavy atom. The quantitative estimate of drug-likeness (QED) is 0.551. The molecule has 0 atom stereocenters. The van der Waals surface area contributed by atoms with Gasteiger partial charge < -0.3 is 4.74 Å². The summed E-state index contributed by atoms with van der Waals surface area (Å²) in [5.74, 6) is 0.672. The van der Waals surface area contributed by atoms with Crippen LogP contribution in [0.3, 0.4) is 0 Å². The minimum atomic E-state index is 0.672. The SMILES string of the molecule is C/C=N\C(=C/C)C1=NCCO1. The van der Waals surface area contributed by atoms with Crippen molar-refractivity contribution in [2.75, 3.05) is 13.2 Å². The first-order valence-electron chi connectivity index (χ1n) is 3.71. The molecule has 0 aromatic rings. The third-order valence-electron chi connectivity index (χ3n) is 1.35. The summed E-state index contributed by atoms with van der Waals surface area (Å²) in [5, 5.41) is 0. The highest BCUT2D eigenvalue weighted by Crippen LogP contribution is 2.06. The van der Waals surface area contributed by atoms with Gasteiger partial charge in [-0.3, -0.25) is 4.99 Å². The molecule has 1 aliphatic heterocycles. The lowest BCUT2D eigenvalue weighted by Gasteiger charge is -1.99. The highest BCUT2D eigenvalue weighted by atomic mass is 16.5. The Labute approximate surface area is 66.5 Å². The summed E-state index contributed by atoms with van der Waals surface area (Å²) in [6, 6.07) is 0. The molecule has 1 rings (SSSR count). The van der Waals surface area contributed by atoms with Crippen molar-refractivity contribution >= 4 is 12.1 Å². The fraction of sp³-hybridized carbons (Fsp3) is 0.500. The normalized spacial score (nSPS) is 18.7. The van der Waals surface area contributed by atoms with E-state index in [-0.39, 0.29) is 0 Å². The van der Waals surface area contributed by atoms with Gasteiger partial charge in [0.25, 0.3) is 0 Å². The topological polar surface area (TPSA) is 34.0 Å². The zero-order chi connectivity index (χ0) is 8.10. The number of aliphatic imine (C=N–C) groups is 2. The van der Waals surface area contributed by atoms with Gasteiger partial charge in [0.2, 0.25) is 5.90 Å². The summed E-state index contributed by atoms with van der Waals surface area (Å²) < 4.78 is 5.23. The molecule has 0 amide bonds. The Morgan fingerprint density at radius 2 is 2.45 bits per heavy atom. The van der Waals surface area contributed by atoms with E-state index < -0.39 is 0 Å². The molecule has 0 saturated heterocycles. The first kappa shape index (κ1) is 7.98. The van der Waals surface area contributed by atoms with E-state index in [1.165, 1.54) is 0 Å². The second-order valence-electron chi connectivity index (χ2n) is 2.10. The molecule has 11 heavy (non-hydrogen) atoms. The van der Waals surface area contributed by atoms with Crippen molar-refractivity contribution < 1.29 is 4.74 Å². The fourth-order valence-electron chi connectivity index (χ4n) is 0.882. The average Bonchev–Trinajstić information content (AvgIpc) is 2.52. The molecule has 0 aliphatic carbocycles. The molecule has 0 aromatic heterocycles. The van der Waals surface area contributed by atoms with Crippen molar-refractivity contribution in [3.8, 4) is 0 Å². The number of rotatable bonds is 2. The second kappa shape index (κ2) is 3.91. The summed E-state index contributed by atoms with van der Waals surface area (Å²) >= 11 is 0. The Balaban J connectivity index is 2.70. The lowest BCUT2D eigenvalue weighted by Crippen LogP contribution is -2.00. The molecule has 0 unspecified atom stereocenters. The van der Waals surface area contributed by atoms with Crippen LogP contribution < -0.4 is 0 Å². The summed E-state index contributed by atoms with van der Waals surface area (Å²) in [4.78, 5) is 8.24. The van der Waals surface area contributed by atoms with Gasteiger partial charge in [-0.1, -0.05) is 6.08 Å². The smallest absolute Gasteiger partial charge is 0.235 e. The molecular weight excluding hydrogens is 140 g/mol. The van der Waals surface area contributed by atoms with Gasteiger partial charge in [-0.25, -0.2) is 4.99 Å². The van der Waals surface area contributed by atoms with E-state index in [1.807, 2.05) is 19.9 Å². The minimum Gasteiger partial charge on any atom is -0.474 e. The maximum absolute atomic E-state index is 5.23. The van der Waals surface area contributed by atoms with Crippen molar-refractivity contribution in [2.45, 2.75) is 13.8 Å². The summed E-state index contributed by atoms with van der Waals surface area (Å²) in [5.41, 5.74) is 0.824. The molecule has 0 bridgehead atoms. The molecular formula is C8H12N2O. The van der Waals surface area contributed by atoms with Crippen LogP contribution in [-0.4, -0.2) is 25.3 Å². The Kier molecular flexibility index (Phi) is 2.83. The molecule has 60 valence electrons.